The molecule has 2 bridgehead atoms. The number of halogens is 3. The minimum Gasteiger partial charge on any atom is -0.416 e. The van der Waals surface area contributed by atoms with Crippen LogP contribution in [0.3, 0.4) is 0 Å². The molecule has 0 radical (unpaired) electrons. The van der Waals surface area contributed by atoms with Crippen LogP contribution in [0.2, 0.25) is 0 Å². The van der Waals surface area contributed by atoms with Crippen molar-refractivity contribution in [3.05, 3.63) is 59.7 Å². The quantitative estimate of drug-likeness (QED) is 0.368. The summed E-state index contributed by atoms with van der Waals surface area (Å²) >= 11 is 0. The predicted molar refractivity (Wildman–Crippen MR) is 132 cm³/mol. The summed E-state index contributed by atoms with van der Waals surface area (Å²) in [4.78, 5) is 0. The minimum absolute atomic E-state index is 0. The van der Waals surface area contributed by atoms with E-state index >= 15 is 0 Å². The fraction of sp³-hybridized carbons (Fsp3) is 0.300. The van der Waals surface area contributed by atoms with Crippen LogP contribution >= 0.6 is 50.9 Å². The first-order valence-electron chi connectivity index (χ1n) is 9.04. The fourth-order valence-corrected chi connectivity index (χ4v) is 3.13. The Kier molecular flexibility index (Phi) is 11.9. The summed E-state index contributed by atoms with van der Waals surface area (Å²) in [5, 5.41) is 19.0. The molecule has 0 aliphatic carbocycles. The largest absolute Gasteiger partial charge is 0.416 e. The highest BCUT2D eigenvalue weighted by atomic mass is 79.9. The van der Waals surface area contributed by atoms with Crippen LogP contribution < -0.4 is 16.0 Å². The molecule has 1 aliphatic rings. The Bertz CT molecular complexity index is 807. The highest BCUT2D eigenvalue weighted by molar-refractivity contribution is 8.93. The van der Waals surface area contributed by atoms with Gasteiger partial charge in [-0.2, -0.15) is 0 Å². The van der Waals surface area contributed by atoms with Crippen molar-refractivity contribution in [1.82, 2.24) is 26.1 Å². The first kappa shape index (κ1) is 25.9. The van der Waals surface area contributed by atoms with E-state index in [9.17, 15) is 0 Å². The molecule has 0 saturated heterocycles. The number of nitrogens with zero attached hydrogens (tertiary/aromatic N) is 2. The van der Waals surface area contributed by atoms with E-state index in [1.807, 2.05) is 36.4 Å². The van der Waals surface area contributed by atoms with Gasteiger partial charge in [-0.05, 0) is 23.3 Å². The molecule has 0 spiro atoms. The van der Waals surface area contributed by atoms with E-state index in [0.717, 1.165) is 61.5 Å². The number of fused-ring (bicyclic) bond motifs is 6. The van der Waals surface area contributed by atoms with E-state index in [4.69, 9.17) is 4.42 Å². The monoisotopic (exact) mass is 589 g/mol. The van der Waals surface area contributed by atoms with Gasteiger partial charge in [0.05, 0.1) is 0 Å². The molecule has 158 valence electrons. The van der Waals surface area contributed by atoms with E-state index in [0.29, 0.717) is 11.8 Å². The van der Waals surface area contributed by atoms with Crippen molar-refractivity contribution < 1.29 is 4.42 Å². The maximum absolute atomic E-state index is 6.05. The summed E-state index contributed by atoms with van der Waals surface area (Å²) in [6.07, 6.45) is 0. The topological polar surface area (TPSA) is 75.0 Å². The average molecular weight is 592 g/mol. The molecule has 1 aromatic heterocycles. The molecule has 0 unspecified atom stereocenters. The smallest absolute Gasteiger partial charge is 0.248 e. The Morgan fingerprint density at radius 2 is 1.00 bits per heavy atom. The van der Waals surface area contributed by atoms with Crippen molar-refractivity contribution in [3.8, 4) is 22.9 Å². The van der Waals surface area contributed by atoms with Crippen LogP contribution in [0, 0.1) is 0 Å². The zero-order valence-corrected chi connectivity index (χ0v) is 21.0. The molecular weight excluding hydrogens is 566 g/mol. The first-order valence-corrected chi connectivity index (χ1v) is 9.04. The number of hydrogen-bond donors (Lipinski definition) is 3. The lowest BCUT2D eigenvalue weighted by atomic mass is 10.1. The van der Waals surface area contributed by atoms with Gasteiger partial charge in [-0.15, -0.1) is 61.1 Å². The molecule has 6 nitrogen and oxygen atoms in total. The van der Waals surface area contributed by atoms with Gasteiger partial charge in [-0.3, -0.25) is 0 Å². The Morgan fingerprint density at radius 1 is 0.586 bits per heavy atom. The molecule has 0 saturated carbocycles. The van der Waals surface area contributed by atoms with Crippen molar-refractivity contribution >= 4 is 50.9 Å². The Hall–Kier alpha value is -1.10. The van der Waals surface area contributed by atoms with Crippen LogP contribution in [0.1, 0.15) is 11.1 Å². The van der Waals surface area contributed by atoms with Crippen LogP contribution in [0.5, 0.6) is 0 Å². The zero-order valence-electron chi connectivity index (χ0n) is 15.9. The van der Waals surface area contributed by atoms with Gasteiger partial charge in [-0.1, -0.05) is 36.4 Å². The van der Waals surface area contributed by atoms with Crippen molar-refractivity contribution in [2.24, 2.45) is 0 Å². The SMILES string of the molecule is Br.Br.Br.c1ccc2c(c1)CNCCNCCNCc1ccccc1-c1nnc-2o1. The Labute approximate surface area is 202 Å². The van der Waals surface area contributed by atoms with Crippen molar-refractivity contribution in [2.75, 3.05) is 26.2 Å². The molecule has 0 amide bonds. The third-order valence-corrected chi connectivity index (χ3v) is 4.51. The van der Waals surface area contributed by atoms with Gasteiger partial charge in [-0.25, -0.2) is 0 Å². The lowest BCUT2D eigenvalue weighted by molar-refractivity contribution is 0.568. The normalized spacial score (nSPS) is 14.2. The standard InChI is InChI=1S/C20H23N5O.3BrH/c1-3-7-17-15(5-1)13-22-11-9-21-10-12-23-14-16-6-2-4-8-18(16)20-25-24-19(17)26-20;;;/h1-8,21-23H,9-14H2;3*1H. The number of rotatable bonds is 0. The van der Waals surface area contributed by atoms with Gasteiger partial charge < -0.3 is 20.4 Å². The number of hydrogen-bond acceptors (Lipinski definition) is 6. The number of nitrogens with one attached hydrogen (secondary N) is 3. The summed E-state index contributed by atoms with van der Waals surface area (Å²) < 4.78 is 6.05. The molecule has 4 rings (SSSR count). The van der Waals surface area contributed by atoms with Crippen molar-refractivity contribution in [3.63, 3.8) is 0 Å². The lowest BCUT2D eigenvalue weighted by Gasteiger charge is -2.11. The number of benzene rings is 2. The van der Waals surface area contributed by atoms with Crippen molar-refractivity contribution in [1.29, 1.82) is 0 Å². The van der Waals surface area contributed by atoms with Crippen LogP contribution in [-0.4, -0.2) is 36.4 Å². The summed E-state index contributed by atoms with van der Waals surface area (Å²) in [7, 11) is 0. The predicted octanol–water partition coefficient (Wildman–Crippen LogP) is 3.92. The number of aromatic nitrogens is 2. The summed E-state index contributed by atoms with van der Waals surface area (Å²) in [5.74, 6) is 1.12. The van der Waals surface area contributed by atoms with Crippen LogP contribution in [0.15, 0.2) is 52.9 Å². The Morgan fingerprint density at radius 3 is 1.48 bits per heavy atom. The van der Waals surface area contributed by atoms with Crippen molar-refractivity contribution in [2.45, 2.75) is 13.1 Å². The van der Waals surface area contributed by atoms with Gasteiger partial charge in [0.15, 0.2) is 0 Å². The summed E-state index contributed by atoms with van der Waals surface area (Å²) in [6.45, 7) is 5.23. The van der Waals surface area contributed by atoms with Gasteiger partial charge >= 0.3 is 0 Å². The van der Waals surface area contributed by atoms with E-state index in [-0.39, 0.29) is 50.9 Å². The molecule has 9 heteroatoms. The third kappa shape index (κ3) is 6.70. The molecule has 3 N–H and O–H groups in total. The van der Waals surface area contributed by atoms with Gasteiger partial charge in [0.1, 0.15) is 0 Å². The third-order valence-electron chi connectivity index (χ3n) is 4.51. The van der Waals surface area contributed by atoms with E-state index in [1.54, 1.807) is 0 Å². The van der Waals surface area contributed by atoms with E-state index in [2.05, 4.69) is 38.3 Å². The highest BCUT2D eigenvalue weighted by Crippen LogP contribution is 2.28. The molecule has 2 heterocycles. The fourth-order valence-electron chi connectivity index (χ4n) is 3.13. The average Bonchev–Trinajstić information content (AvgIpc) is 3.16. The summed E-state index contributed by atoms with van der Waals surface area (Å²) in [5.41, 5.74) is 4.28. The second kappa shape index (κ2) is 13.3. The van der Waals surface area contributed by atoms with Gasteiger partial charge in [0, 0.05) is 50.4 Å². The maximum atomic E-state index is 6.05. The minimum atomic E-state index is 0. The molecule has 2 aromatic carbocycles. The van der Waals surface area contributed by atoms with E-state index in [1.165, 1.54) is 0 Å². The summed E-state index contributed by atoms with van der Waals surface area (Å²) in [6, 6.07) is 16.3. The van der Waals surface area contributed by atoms with Gasteiger partial charge in [0.2, 0.25) is 11.8 Å². The van der Waals surface area contributed by atoms with Crippen LogP contribution in [0.4, 0.5) is 0 Å². The maximum Gasteiger partial charge on any atom is 0.248 e. The lowest BCUT2D eigenvalue weighted by Crippen LogP contribution is -2.32. The second-order valence-electron chi connectivity index (χ2n) is 6.33. The first-order chi connectivity index (χ1) is 12.9. The van der Waals surface area contributed by atoms with Crippen LogP contribution in [0.25, 0.3) is 22.9 Å². The van der Waals surface area contributed by atoms with E-state index < -0.39 is 0 Å². The highest BCUT2D eigenvalue weighted by Gasteiger charge is 2.15. The molecule has 29 heavy (non-hydrogen) atoms. The zero-order chi connectivity index (χ0) is 17.6. The molecular formula is C20H26Br3N5O. The molecule has 3 aromatic rings. The molecule has 1 aliphatic heterocycles. The second-order valence-corrected chi connectivity index (χ2v) is 6.33. The van der Waals surface area contributed by atoms with Crippen LogP contribution in [-0.2, 0) is 13.1 Å². The molecule has 0 atom stereocenters. The van der Waals surface area contributed by atoms with Gasteiger partial charge in [0.25, 0.3) is 0 Å². The molecule has 0 fully saturated rings. The Balaban J connectivity index is 0.00000140.